The minimum Gasteiger partial charge on any atom is -0.491 e. The molecule has 38 heavy (non-hydrogen) atoms. The SMILES string of the molecule is CCCCCCCCCCc1ccc(-c2cnc(-c3ccc(OCC(F)CCCCCC)cc3)nc2)cc1. The average molecular weight is 519 g/mol. The fourth-order valence-corrected chi connectivity index (χ4v) is 4.72. The maximum Gasteiger partial charge on any atom is 0.159 e. The third-order valence-electron chi connectivity index (χ3n) is 7.17. The summed E-state index contributed by atoms with van der Waals surface area (Å²) in [5.74, 6) is 1.35. The Labute approximate surface area is 230 Å². The van der Waals surface area contributed by atoms with Crippen molar-refractivity contribution in [3.8, 4) is 28.3 Å². The fraction of sp³-hybridized carbons (Fsp3) is 0.529. The van der Waals surface area contributed by atoms with Crippen LogP contribution in [0.5, 0.6) is 5.75 Å². The Morgan fingerprint density at radius 2 is 1.18 bits per heavy atom. The van der Waals surface area contributed by atoms with Gasteiger partial charge in [0.25, 0.3) is 0 Å². The molecule has 4 heteroatoms. The fourth-order valence-electron chi connectivity index (χ4n) is 4.72. The second-order valence-electron chi connectivity index (χ2n) is 10.5. The standard InChI is InChI=1S/C34H47FN2O/c1-3-5-7-9-10-11-12-13-15-28-17-19-29(20-18-28)31-25-36-34(37-26-31)30-21-23-33(24-22-30)38-27-32(35)16-14-8-6-4-2/h17-26,32H,3-16,27H2,1-2H3. The first-order valence-corrected chi connectivity index (χ1v) is 15.0. The van der Waals surface area contributed by atoms with Crippen LogP contribution in [-0.2, 0) is 6.42 Å². The first-order valence-electron chi connectivity index (χ1n) is 15.0. The molecule has 1 unspecified atom stereocenters. The van der Waals surface area contributed by atoms with E-state index in [0.29, 0.717) is 18.0 Å². The van der Waals surface area contributed by atoms with E-state index in [0.717, 1.165) is 36.0 Å². The molecule has 0 N–H and O–H groups in total. The molecule has 3 rings (SSSR count). The first-order chi connectivity index (χ1) is 18.7. The molecule has 206 valence electrons. The van der Waals surface area contributed by atoms with Crippen molar-refractivity contribution in [2.75, 3.05) is 6.61 Å². The van der Waals surface area contributed by atoms with Crippen LogP contribution in [0.15, 0.2) is 60.9 Å². The minimum absolute atomic E-state index is 0.106. The van der Waals surface area contributed by atoms with E-state index in [1.54, 1.807) is 0 Å². The largest absolute Gasteiger partial charge is 0.491 e. The van der Waals surface area contributed by atoms with Gasteiger partial charge in [-0.15, -0.1) is 0 Å². The summed E-state index contributed by atoms with van der Waals surface area (Å²) in [5, 5.41) is 0. The van der Waals surface area contributed by atoms with Crippen molar-refractivity contribution in [1.29, 1.82) is 0 Å². The van der Waals surface area contributed by atoms with Gasteiger partial charge in [-0.2, -0.15) is 0 Å². The number of nitrogens with zero attached hydrogens (tertiary/aromatic N) is 2. The Morgan fingerprint density at radius 1 is 0.632 bits per heavy atom. The summed E-state index contributed by atoms with van der Waals surface area (Å²) in [6.07, 6.45) is 19.7. The summed E-state index contributed by atoms with van der Waals surface area (Å²) in [4.78, 5) is 9.17. The lowest BCUT2D eigenvalue weighted by Crippen LogP contribution is -2.12. The van der Waals surface area contributed by atoms with Gasteiger partial charge in [0.1, 0.15) is 18.5 Å². The highest BCUT2D eigenvalue weighted by atomic mass is 19.1. The van der Waals surface area contributed by atoms with Gasteiger partial charge >= 0.3 is 0 Å². The Morgan fingerprint density at radius 3 is 1.82 bits per heavy atom. The van der Waals surface area contributed by atoms with Gasteiger partial charge < -0.3 is 4.74 Å². The molecule has 0 aliphatic rings. The second-order valence-corrected chi connectivity index (χ2v) is 10.5. The number of unbranched alkanes of at least 4 members (excludes halogenated alkanes) is 10. The van der Waals surface area contributed by atoms with Crippen LogP contribution in [0.3, 0.4) is 0 Å². The molecule has 0 aliphatic carbocycles. The lowest BCUT2D eigenvalue weighted by atomic mass is 10.0. The number of aromatic nitrogens is 2. The minimum atomic E-state index is -0.915. The monoisotopic (exact) mass is 518 g/mol. The molecule has 0 saturated carbocycles. The van der Waals surface area contributed by atoms with Crippen LogP contribution in [0, 0.1) is 0 Å². The summed E-state index contributed by atoms with van der Waals surface area (Å²) in [6.45, 7) is 4.54. The smallest absolute Gasteiger partial charge is 0.159 e. The highest BCUT2D eigenvalue weighted by Gasteiger charge is 2.08. The lowest BCUT2D eigenvalue weighted by molar-refractivity contribution is 0.184. The summed E-state index contributed by atoms with van der Waals surface area (Å²) >= 11 is 0. The highest BCUT2D eigenvalue weighted by Crippen LogP contribution is 2.23. The number of rotatable bonds is 19. The third-order valence-corrected chi connectivity index (χ3v) is 7.17. The van der Waals surface area contributed by atoms with Crippen LogP contribution < -0.4 is 4.74 Å². The molecule has 0 saturated heterocycles. The molecule has 1 aromatic heterocycles. The predicted octanol–water partition coefficient (Wildman–Crippen LogP) is 10.2. The van der Waals surface area contributed by atoms with Crippen molar-refractivity contribution in [2.24, 2.45) is 0 Å². The predicted molar refractivity (Wildman–Crippen MR) is 158 cm³/mol. The Kier molecular flexibility index (Phi) is 13.9. The molecule has 0 spiro atoms. The van der Waals surface area contributed by atoms with Gasteiger partial charge in [0.15, 0.2) is 5.82 Å². The van der Waals surface area contributed by atoms with Crippen LogP contribution in [0.25, 0.3) is 22.5 Å². The molecule has 0 amide bonds. The van der Waals surface area contributed by atoms with Crippen molar-refractivity contribution < 1.29 is 9.13 Å². The molecule has 3 nitrogen and oxygen atoms in total. The van der Waals surface area contributed by atoms with E-state index in [9.17, 15) is 4.39 Å². The van der Waals surface area contributed by atoms with E-state index in [1.165, 1.54) is 69.8 Å². The van der Waals surface area contributed by atoms with Crippen molar-refractivity contribution in [1.82, 2.24) is 9.97 Å². The summed E-state index contributed by atoms with van der Waals surface area (Å²) in [6, 6.07) is 16.4. The molecule has 0 aliphatic heterocycles. The van der Waals surface area contributed by atoms with Crippen molar-refractivity contribution >= 4 is 0 Å². The van der Waals surface area contributed by atoms with E-state index in [1.807, 2.05) is 36.7 Å². The molecule has 0 fully saturated rings. The van der Waals surface area contributed by atoms with Crippen LogP contribution >= 0.6 is 0 Å². The van der Waals surface area contributed by atoms with Crippen LogP contribution in [0.2, 0.25) is 0 Å². The van der Waals surface area contributed by atoms with Crippen molar-refractivity contribution in [3.05, 3.63) is 66.5 Å². The average Bonchev–Trinajstić information content (AvgIpc) is 2.96. The molecule has 3 aromatic rings. The van der Waals surface area contributed by atoms with Gasteiger partial charge in [-0.05, 0) is 54.7 Å². The Bertz CT molecular complexity index is 1000. The van der Waals surface area contributed by atoms with E-state index in [-0.39, 0.29) is 6.61 Å². The van der Waals surface area contributed by atoms with Gasteiger partial charge in [0, 0.05) is 23.5 Å². The Hall–Kier alpha value is -2.75. The maximum atomic E-state index is 14.0. The topological polar surface area (TPSA) is 35.0 Å². The zero-order valence-electron chi connectivity index (χ0n) is 23.6. The quantitative estimate of drug-likeness (QED) is 0.148. The van der Waals surface area contributed by atoms with Gasteiger partial charge in [-0.1, -0.05) is 109 Å². The Balaban J connectivity index is 1.41. The number of halogens is 1. The van der Waals surface area contributed by atoms with E-state index in [2.05, 4.69) is 48.1 Å². The summed E-state index contributed by atoms with van der Waals surface area (Å²) in [7, 11) is 0. The van der Waals surface area contributed by atoms with Crippen LogP contribution in [0.1, 0.15) is 103 Å². The van der Waals surface area contributed by atoms with Gasteiger partial charge in [0.2, 0.25) is 0 Å². The lowest BCUT2D eigenvalue weighted by Gasteiger charge is -2.11. The normalized spacial score (nSPS) is 12.0. The van der Waals surface area contributed by atoms with E-state index < -0.39 is 6.17 Å². The zero-order chi connectivity index (χ0) is 26.8. The zero-order valence-corrected chi connectivity index (χ0v) is 23.6. The van der Waals surface area contributed by atoms with Gasteiger partial charge in [0.05, 0.1) is 0 Å². The number of hydrogen-bond acceptors (Lipinski definition) is 3. The number of ether oxygens (including phenoxy) is 1. The maximum absolute atomic E-state index is 14.0. The number of aryl methyl sites for hydroxylation is 1. The number of benzene rings is 2. The van der Waals surface area contributed by atoms with Crippen molar-refractivity contribution in [3.63, 3.8) is 0 Å². The molecule has 0 radical (unpaired) electrons. The van der Waals surface area contributed by atoms with Crippen LogP contribution in [0.4, 0.5) is 4.39 Å². The first kappa shape index (κ1) is 29.8. The molecular weight excluding hydrogens is 471 g/mol. The van der Waals surface area contributed by atoms with Crippen molar-refractivity contribution in [2.45, 2.75) is 110 Å². The van der Waals surface area contributed by atoms with Crippen LogP contribution in [-0.4, -0.2) is 22.7 Å². The van der Waals surface area contributed by atoms with E-state index in [4.69, 9.17) is 4.74 Å². The number of hydrogen-bond donors (Lipinski definition) is 0. The molecule has 0 bridgehead atoms. The highest BCUT2D eigenvalue weighted by molar-refractivity contribution is 5.64. The third kappa shape index (κ3) is 10.9. The number of alkyl halides is 1. The van der Waals surface area contributed by atoms with Gasteiger partial charge in [-0.25, -0.2) is 14.4 Å². The molecule has 1 heterocycles. The second kappa shape index (κ2) is 17.7. The molecular formula is C34H47FN2O. The van der Waals surface area contributed by atoms with Gasteiger partial charge in [-0.3, -0.25) is 0 Å². The molecule has 2 aromatic carbocycles. The molecule has 1 atom stereocenters. The summed E-state index contributed by atoms with van der Waals surface area (Å²) < 4.78 is 19.7. The summed E-state index contributed by atoms with van der Waals surface area (Å²) in [5.41, 5.74) is 4.46. The van der Waals surface area contributed by atoms with E-state index >= 15 is 0 Å².